The van der Waals surface area contributed by atoms with E-state index in [-0.39, 0.29) is 10.9 Å². The third-order valence-electron chi connectivity index (χ3n) is 3.22. The lowest BCUT2D eigenvalue weighted by Gasteiger charge is -2.07. The molecule has 0 unspecified atom stereocenters. The lowest BCUT2D eigenvalue weighted by Crippen LogP contribution is -2.26. The predicted octanol–water partition coefficient (Wildman–Crippen LogP) is 2.00. The smallest absolute Gasteiger partial charge is 0.269 e. The van der Waals surface area contributed by atoms with Gasteiger partial charge < -0.3 is 11.1 Å². The summed E-state index contributed by atoms with van der Waals surface area (Å²) in [5.74, 6) is -0.196. The molecule has 0 aliphatic carbocycles. The summed E-state index contributed by atoms with van der Waals surface area (Å²) >= 11 is 4.84. The number of hydrogen-bond acceptors (Lipinski definition) is 3. The van der Waals surface area contributed by atoms with Crippen LogP contribution in [-0.4, -0.2) is 22.4 Å². The van der Waals surface area contributed by atoms with Gasteiger partial charge in [-0.1, -0.05) is 36.5 Å². The monoisotopic (exact) mass is 299 g/mol. The zero-order valence-electron chi connectivity index (χ0n) is 11.8. The number of hydrogen-bond donors (Lipinski definition) is 2. The molecule has 0 bridgehead atoms. The number of rotatable bonds is 5. The van der Waals surface area contributed by atoms with Crippen LogP contribution in [0.3, 0.4) is 0 Å². The Balaban J connectivity index is 1.90. The van der Waals surface area contributed by atoms with E-state index in [9.17, 15) is 4.79 Å². The number of amides is 1. The topological polar surface area (TPSA) is 68.0 Å². The van der Waals surface area contributed by atoms with Crippen LogP contribution in [0.2, 0.25) is 0 Å². The summed E-state index contributed by atoms with van der Waals surface area (Å²) in [4.78, 5) is 16.3. The molecule has 1 aromatic heterocycles. The summed E-state index contributed by atoms with van der Waals surface area (Å²) in [7, 11) is 0. The minimum Gasteiger partial charge on any atom is -0.389 e. The van der Waals surface area contributed by atoms with Crippen molar-refractivity contribution in [2.24, 2.45) is 5.73 Å². The lowest BCUT2D eigenvalue weighted by atomic mass is 10.1. The van der Waals surface area contributed by atoms with Gasteiger partial charge in [-0.3, -0.25) is 9.78 Å². The summed E-state index contributed by atoms with van der Waals surface area (Å²) < 4.78 is 0. The van der Waals surface area contributed by atoms with Crippen molar-refractivity contribution in [3.63, 3.8) is 0 Å². The fourth-order valence-electron chi connectivity index (χ4n) is 1.97. The van der Waals surface area contributed by atoms with E-state index in [4.69, 9.17) is 18.0 Å². The molecule has 1 aromatic carbocycles. The van der Waals surface area contributed by atoms with Crippen molar-refractivity contribution in [2.45, 2.75) is 13.3 Å². The Morgan fingerprint density at radius 2 is 2.05 bits per heavy atom. The average molecular weight is 299 g/mol. The van der Waals surface area contributed by atoms with Crippen LogP contribution in [-0.2, 0) is 6.42 Å². The Labute approximate surface area is 129 Å². The molecule has 0 spiro atoms. The van der Waals surface area contributed by atoms with Gasteiger partial charge in [-0.15, -0.1) is 0 Å². The van der Waals surface area contributed by atoms with Gasteiger partial charge in [0.25, 0.3) is 5.91 Å². The van der Waals surface area contributed by atoms with Crippen molar-refractivity contribution in [3.05, 3.63) is 65.0 Å². The average Bonchev–Trinajstić information content (AvgIpc) is 2.49. The molecule has 1 amide bonds. The molecule has 0 saturated carbocycles. The van der Waals surface area contributed by atoms with Crippen LogP contribution < -0.4 is 11.1 Å². The summed E-state index contributed by atoms with van der Waals surface area (Å²) in [6, 6.07) is 11.5. The maximum atomic E-state index is 12.0. The fraction of sp³-hybridized carbons (Fsp3) is 0.188. The van der Waals surface area contributed by atoms with Crippen molar-refractivity contribution < 1.29 is 4.79 Å². The van der Waals surface area contributed by atoms with Gasteiger partial charge in [-0.25, -0.2) is 0 Å². The standard InChI is InChI=1S/C16H17N3OS/c1-11-4-2-3-5-12(11)8-9-18-16(20)14-7-6-13(10-19-14)15(17)21/h2-7,10H,8-9H2,1H3,(H2,17,21)(H,18,20). The summed E-state index contributed by atoms with van der Waals surface area (Å²) in [5.41, 5.74) is 8.96. The van der Waals surface area contributed by atoms with Crippen molar-refractivity contribution in [2.75, 3.05) is 6.54 Å². The zero-order valence-corrected chi connectivity index (χ0v) is 12.6. The minimum atomic E-state index is -0.196. The van der Waals surface area contributed by atoms with E-state index >= 15 is 0 Å². The highest BCUT2D eigenvalue weighted by atomic mass is 32.1. The van der Waals surface area contributed by atoms with E-state index in [1.165, 1.54) is 17.3 Å². The van der Waals surface area contributed by atoms with Crippen LogP contribution in [0, 0.1) is 6.92 Å². The highest BCUT2D eigenvalue weighted by Crippen LogP contribution is 2.07. The van der Waals surface area contributed by atoms with Gasteiger partial charge in [0.15, 0.2) is 0 Å². The molecule has 2 rings (SSSR count). The number of pyridine rings is 1. The summed E-state index contributed by atoms with van der Waals surface area (Å²) in [6.45, 7) is 2.63. The van der Waals surface area contributed by atoms with Crippen LogP contribution in [0.25, 0.3) is 0 Å². The number of nitrogens with two attached hydrogens (primary N) is 1. The first-order valence-electron chi connectivity index (χ1n) is 6.66. The van der Waals surface area contributed by atoms with Gasteiger partial charge in [-0.2, -0.15) is 0 Å². The molecule has 0 atom stereocenters. The van der Waals surface area contributed by atoms with E-state index in [1.54, 1.807) is 12.1 Å². The Kier molecular flexibility index (Phi) is 5.00. The minimum absolute atomic E-state index is 0.196. The molecule has 1 heterocycles. The fourth-order valence-corrected chi connectivity index (χ4v) is 2.09. The van der Waals surface area contributed by atoms with Crippen molar-refractivity contribution >= 4 is 23.1 Å². The van der Waals surface area contributed by atoms with Crippen molar-refractivity contribution in [1.82, 2.24) is 10.3 Å². The first kappa shape index (κ1) is 15.1. The number of carbonyl (C=O) groups is 1. The number of aryl methyl sites for hydroxylation is 1. The quantitative estimate of drug-likeness (QED) is 0.829. The summed E-state index contributed by atoms with van der Waals surface area (Å²) in [6.07, 6.45) is 2.31. The van der Waals surface area contributed by atoms with Crippen molar-refractivity contribution in [3.8, 4) is 0 Å². The molecular formula is C16H17N3OS. The Hall–Kier alpha value is -2.27. The maximum Gasteiger partial charge on any atom is 0.269 e. The largest absolute Gasteiger partial charge is 0.389 e. The van der Waals surface area contributed by atoms with E-state index in [1.807, 2.05) is 12.1 Å². The third-order valence-corrected chi connectivity index (χ3v) is 3.46. The molecule has 2 aromatic rings. The Morgan fingerprint density at radius 3 is 2.67 bits per heavy atom. The number of benzene rings is 1. The van der Waals surface area contributed by atoms with Crippen LogP contribution in [0.4, 0.5) is 0 Å². The second-order valence-corrected chi connectivity index (χ2v) is 5.17. The SMILES string of the molecule is Cc1ccccc1CCNC(=O)c1ccc(C(N)=S)cn1. The normalized spacial score (nSPS) is 10.1. The van der Waals surface area contributed by atoms with Gasteiger partial charge in [0.2, 0.25) is 0 Å². The molecule has 0 aliphatic heterocycles. The number of nitrogens with one attached hydrogen (secondary N) is 1. The lowest BCUT2D eigenvalue weighted by molar-refractivity contribution is 0.0949. The number of nitrogens with zero attached hydrogens (tertiary/aromatic N) is 1. The highest BCUT2D eigenvalue weighted by Gasteiger charge is 2.07. The van der Waals surface area contributed by atoms with Crippen LogP contribution in [0.15, 0.2) is 42.6 Å². The van der Waals surface area contributed by atoms with Crippen LogP contribution in [0.5, 0.6) is 0 Å². The van der Waals surface area contributed by atoms with Gasteiger partial charge in [0, 0.05) is 18.3 Å². The molecule has 0 fully saturated rings. The summed E-state index contributed by atoms with van der Waals surface area (Å²) in [5, 5.41) is 2.86. The highest BCUT2D eigenvalue weighted by molar-refractivity contribution is 7.80. The molecular weight excluding hydrogens is 282 g/mol. The van der Waals surface area contributed by atoms with Crippen LogP contribution >= 0.6 is 12.2 Å². The van der Waals surface area contributed by atoms with Gasteiger partial charge in [-0.05, 0) is 36.6 Å². The molecule has 4 nitrogen and oxygen atoms in total. The van der Waals surface area contributed by atoms with Crippen LogP contribution in [0.1, 0.15) is 27.2 Å². The second-order valence-electron chi connectivity index (χ2n) is 4.73. The van der Waals surface area contributed by atoms with Gasteiger partial charge in [0.05, 0.1) is 0 Å². The van der Waals surface area contributed by atoms with E-state index in [0.29, 0.717) is 17.8 Å². The van der Waals surface area contributed by atoms with E-state index < -0.39 is 0 Å². The van der Waals surface area contributed by atoms with Crippen molar-refractivity contribution in [1.29, 1.82) is 0 Å². The second kappa shape index (κ2) is 6.95. The molecule has 0 radical (unpaired) electrons. The number of aromatic nitrogens is 1. The zero-order chi connectivity index (χ0) is 15.2. The van der Waals surface area contributed by atoms with E-state index in [2.05, 4.69) is 29.4 Å². The predicted molar refractivity (Wildman–Crippen MR) is 87.3 cm³/mol. The maximum absolute atomic E-state index is 12.0. The molecule has 3 N–H and O–H groups in total. The molecule has 0 saturated heterocycles. The Bertz CT molecular complexity index is 653. The third kappa shape index (κ3) is 4.10. The molecule has 0 aliphatic rings. The molecule has 21 heavy (non-hydrogen) atoms. The number of carbonyl (C=O) groups excluding carboxylic acids is 1. The molecule has 5 heteroatoms. The van der Waals surface area contributed by atoms with Gasteiger partial charge in [0.1, 0.15) is 10.7 Å². The first-order chi connectivity index (χ1) is 10.1. The van der Waals surface area contributed by atoms with Gasteiger partial charge >= 0.3 is 0 Å². The number of thiocarbonyl (C=S) groups is 1. The molecule has 108 valence electrons. The Morgan fingerprint density at radius 1 is 1.29 bits per heavy atom. The van der Waals surface area contributed by atoms with E-state index in [0.717, 1.165) is 6.42 Å². The first-order valence-corrected chi connectivity index (χ1v) is 7.07.